The average molecular weight is 299 g/mol. The zero-order chi connectivity index (χ0) is 16.1. The van der Waals surface area contributed by atoms with Gasteiger partial charge in [-0.2, -0.15) is 5.26 Å². The first-order chi connectivity index (χ1) is 10.3. The van der Waals surface area contributed by atoms with Crippen LogP contribution in [0.1, 0.15) is 32.8 Å². The van der Waals surface area contributed by atoms with Gasteiger partial charge in [0.25, 0.3) is 0 Å². The Morgan fingerprint density at radius 2 is 2.09 bits per heavy atom. The minimum atomic E-state index is -0.834. The summed E-state index contributed by atoms with van der Waals surface area (Å²) in [6, 6.07) is 9.79. The predicted molar refractivity (Wildman–Crippen MR) is 83.8 cm³/mol. The number of carbonyl (C=O) groups is 1. The van der Waals surface area contributed by atoms with E-state index in [0.717, 1.165) is 12.1 Å². The van der Waals surface area contributed by atoms with Crippen molar-refractivity contribution in [3.05, 3.63) is 29.8 Å². The lowest BCUT2D eigenvalue weighted by molar-refractivity contribution is -0.124. The summed E-state index contributed by atoms with van der Waals surface area (Å²) >= 11 is 0. The van der Waals surface area contributed by atoms with Crippen LogP contribution in [0.15, 0.2) is 24.3 Å². The van der Waals surface area contributed by atoms with E-state index >= 15 is 0 Å². The van der Waals surface area contributed by atoms with Crippen molar-refractivity contribution in [1.82, 2.24) is 4.90 Å². The molecule has 3 heterocycles. The van der Waals surface area contributed by atoms with E-state index < -0.39 is 6.09 Å². The number of rotatable bonds is 1. The third-order valence-electron chi connectivity index (χ3n) is 5.25. The monoisotopic (exact) mass is 299 g/mol. The molecule has 3 aliphatic heterocycles. The van der Waals surface area contributed by atoms with E-state index in [1.54, 1.807) is 4.90 Å². The van der Waals surface area contributed by atoms with Crippen LogP contribution in [-0.2, 0) is 0 Å². The molecule has 1 aromatic carbocycles. The van der Waals surface area contributed by atoms with Crippen LogP contribution in [0.2, 0.25) is 0 Å². The second-order valence-electron chi connectivity index (χ2n) is 7.30. The fourth-order valence-electron chi connectivity index (χ4n) is 4.01. The number of piperazine rings is 1. The molecule has 5 nitrogen and oxygen atoms in total. The molecule has 3 fully saturated rings. The van der Waals surface area contributed by atoms with Gasteiger partial charge < -0.3 is 10.0 Å². The summed E-state index contributed by atoms with van der Waals surface area (Å²) < 4.78 is 0. The Balaban J connectivity index is 1.98. The fourth-order valence-corrected chi connectivity index (χ4v) is 4.01. The highest BCUT2D eigenvalue weighted by atomic mass is 16.4. The first-order valence-electron chi connectivity index (χ1n) is 7.56. The molecule has 22 heavy (non-hydrogen) atoms. The van der Waals surface area contributed by atoms with E-state index in [0.29, 0.717) is 18.7 Å². The molecule has 0 spiro atoms. The number of carboxylic acid groups (broad SMARTS) is 1. The summed E-state index contributed by atoms with van der Waals surface area (Å²) in [5.74, 6) is 0. The van der Waals surface area contributed by atoms with Crippen LogP contribution in [0.4, 0.5) is 10.5 Å². The van der Waals surface area contributed by atoms with Gasteiger partial charge in [-0.25, -0.2) is 4.79 Å². The second kappa shape index (κ2) is 4.64. The number of amides is 1. The molecule has 116 valence electrons. The van der Waals surface area contributed by atoms with Crippen molar-refractivity contribution < 1.29 is 9.90 Å². The summed E-state index contributed by atoms with van der Waals surface area (Å²) in [6.45, 7) is 7.58. The molecule has 2 unspecified atom stereocenters. The smallest absolute Gasteiger partial charge is 0.408 e. The molecule has 2 bridgehead atoms. The summed E-state index contributed by atoms with van der Waals surface area (Å²) in [5.41, 5.74) is 1.02. The van der Waals surface area contributed by atoms with Gasteiger partial charge in [-0.3, -0.25) is 4.90 Å². The number of nitrogens with zero attached hydrogens (tertiary/aromatic N) is 3. The maximum atomic E-state index is 11.7. The van der Waals surface area contributed by atoms with E-state index in [1.165, 1.54) is 0 Å². The summed E-state index contributed by atoms with van der Waals surface area (Å²) in [7, 11) is 0. The molecule has 3 aliphatic rings. The molecule has 5 heteroatoms. The lowest BCUT2D eigenvalue weighted by Gasteiger charge is -2.68. The van der Waals surface area contributed by atoms with Crippen molar-refractivity contribution in [2.75, 3.05) is 18.0 Å². The van der Waals surface area contributed by atoms with E-state index in [1.807, 2.05) is 24.3 Å². The van der Waals surface area contributed by atoms with Gasteiger partial charge in [0.1, 0.15) is 6.07 Å². The first-order valence-corrected chi connectivity index (χ1v) is 7.56. The zero-order valence-corrected chi connectivity index (χ0v) is 13.2. The number of nitriles is 1. The maximum Gasteiger partial charge on any atom is 0.408 e. The van der Waals surface area contributed by atoms with Gasteiger partial charge in [-0.05, 0) is 24.0 Å². The van der Waals surface area contributed by atoms with E-state index in [2.05, 4.69) is 31.7 Å². The highest BCUT2D eigenvalue weighted by Crippen LogP contribution is 2.53. The van der Waals surface area contributed by atoms with Crippen LogP contribution in [-0.4, -0.2) is 40.8 Å². The van der Waals surface area contributed by atoms with E-state index in [9.17, 15) is 15.2 Å². The van der Waals surface area contributed by atoms with Crippen LogP contribution >= 0.6 is 0 Å². The van der Waals surface area contributed by atoms with Crippen molar-refractivity contribution in [2.45, 2.75) is 38.8 Å². The van der Waals surface area contributed by atoms with Crippen LogP contribution in [0.5, 0.6) is 0 Å². The van der Waals surface area contributed by atoms with Crippen LogP contribution in [0.3, 0.4) is 0 Å². The van der Waals surface area contributed by atoms with Crippen molar-refractivity contribution in [1.29, 1.82) is 5.26 Å². The number of anilines is 1. The van der Waals surface area contributed by atoms with E-state index in [4.69, 9.17) is 0 Å². The molecule has 2 atom stereocenters. The Bertz CT molecular complexity index is 659. The number of piperidine rings is 1. The minimum absolute atomic E-state index is 0.0113. The standard InChI is InChI=1S/C17H21N3O2/c1-16(2,3)17-8-13(20(17)15(21)22)10-19(11-17)14-7-5-4-6-12(14)9-18/h4-7,13H,8,10-11H2,1-3H3,(H,21,22). The molecule has 1 N–H and O–H groups in total. The van der Waals surface area contributed by atoms with Gasteiger partial charge in [-0.15, -0.1) is 0 Å². The van der Waals surface area contributed by atoms with Crippen LogP contribution in [0.25, 0.3) is 0 Å². The van der Waals surface area contributed by atoms with Gasteiger partial charge in [0.05, 0.1) is 22.8 Å². The fraction of sp³-hybridized carbons (Fsp3) is 0.529. The average Bonchev–Trinajstić information content (AvgIpc) is 2.45. The third-order valence-corrected chi connectivity index (χ3v) is 5.25. The minimum Gasteiger partial charge on any atom is -0.465 e. The number of hydrogen-bond acceptors (Lipinski definition) is 3. The Kier molecular flexibility index (Phi) is 3.10. The van der Waals surface area contributed by atoms with Gasteiger partial charge in [-0.1, -0.05) is 32.9 Å². The number of fused-ring (bicyclic) bond motifs is 2. The van der Waals surface area contributed by atoms with Crippen molar-refractivity contribution in [2.24, 2.45) is 5.41 Å². The van der Waals surface area contributed by atoms with Crippen molar-refractivity contribution in [3.63, 3.8) is 0 Å². The summed E-state index contributed by atoms with van der Waals surface area (Å²) in [6.07, 6.45) is 0.0630. The topological polar surface area (TPSA) is 67.6 Å². The van der Waals surface area contributed by atoms with Gasteiger partial charge in [0, 0.05) is 13.1 Å². The molecule has 1 aromatic rings. The molecule has 4 rings (SSSR count). The maximum absolute atomic E-state index is 11.7. The molecular formula is C17H21N3O2. The number of benzene rings is 1. The molecule has 0 saturated carbocycles. The van der Waals surface area contributed by atoms with Crippen molar-refractivity contribution >= 4 is 11.8 Å². The van der Waals surface area contributed by atoms with Crippen LogP contribution < -0.4 is 4.90 Å². The van der Waals surface area contributed by atoms with Gasteiger partial charge in [0.2, 0.25) is 0 Å². The number of para-hydroxylation sites is 1. The second-order valence-corrected chi connectivity index (χ2v) is 7.30. The molecular weight excluding hydrogens is 278 g/mol. The summed E-state index contributed by atoms with van der Waals surface area (Å²) in [5, 5.41) is 18.9. The van der Waals surface area contributed by atoms with Gasteiger partial charge >= 0.3 is 6.09 Å². The zero-order valence-electron chi connectivity index (χ0n) is 13.2. The predicted octanol–water partition coefficient (Wildman–Crippen LogP) is 2.92. The Morgan fingerprint density at radius 3 is 2.68 bits per heavy atom. The Hall–Kier alpha value is -2.22. The molecule has 0 aliphatic carbocycles. The lowest BCUT2D eigenvalue weighted by Crippen LogP contribution is -2.82. The highest BCUT2D eigenvalue weighted by Gasteiger charge is 2.64. The highest BCUT2D eigenvalue weighted by molar-refractivity contribution is 5.71. The number of hydrogen-bond donors (Lipinski definition) is 1. The quantitative estimate of drug-likeness (QED) is 0.865. The molecule has 3 saturated heterocycles. The van der Waals surface area contributed by atoms with Crippen molar-refractivity contribution in [3.8, 4) is 6.07 Å². The molecule has 1 amide bonds. The first kappa shape index (κ1) is 14.7. The van der Waals surface area contributed by atoms with Gasteiger partial charge in [0.15, 0.2) is 0 Å². The summed E-state index contributed by atoms with van der Waals surface area (Å²) in [4.78, 5) is 15.5. The largest absolute Gasteiger partial charge is 0.465 e. The Labute approximate surface area is 130 Å². The molecule has 0 aromatic heterocycles. The third kappa shape index (κ3) is 1.87. The Morgan fingerprint density at radius 1 is 1.41 bits per heavy atom. The van der Waals surface area contributed by atoms with E-state index in [-0.39, 0.29) is 17.0 Å². The normalized spacial score (nSPS) is 27.1. The molecule has 0 radical (unpaired) electrons. The van der Waals surface area contributed by atoms with Crippen LogP contribution in [0, 0.1) is 16.7 Å². The SMILES string of the molecule is CC(C)(C)C12CC(CN(c3ccccc3C#N)C1)N2C(=O)O. The lowest BCUT2D eigenvalue weighted by atomic mass is 9.60.